The minimum absolute atomic E-state index is 0.450. The van der Waals surface area contributed by atoms with Crippen LogP contribution in [0.2, 0.25) is 0 Å². The minimum Gasteiger partial charge on any atom is -0.338 e. The predicted molar refractivity (Wildman–Crippen MR) is 76.6 cm³/mol. The Hall–Kier alpha value is -1.76. The van der Waals surface area contributed by atoms with Gasteiger partial charge in [0.25, 0.3) is 0 Å². The second-order valence-electron chi connectivity index (χ2n) is 5.74. The first-order valence-corrected chi connectivity index (χ1v) is 7.53. The van der Waals surface area contributed by atoms with Crippen LogP contribution in [0.15, 0.2) is 4.52 Å². The number of nitrogens with zero attached hydrogens (tertiary/aromatic N) is 6. The van der Waals surface area contributed by atoms with Crippen molar-refractivity contribution in [2.75, 3.05) is 6.54 Å². The molecule has 0 N–H and O–H groups in total. The van der Waals surface area contributed by atoms with Crippen molar-refractivity contribution in [1.82, 2.24) is 29.8 Å². The Morgan fingerprint density at radius 1 is 1.14 bits per heavy atom. The molecule has 114 valence electrons. The van der Waals surface area contributed by atoms with Gasteiger partial charge in [-0.3, -0.25) is 4.90 Å². The van der Waals surface area contributed by atoms with Crippen LogP contribution in [0.1, 0.15) is 42.6 Å². The third kappa shape index (κ3) is 3.29. The quantitative estimate of drug-likeness (QED) is 0.852. The molecule has 0 radical (unpaired) electrons. The summed E-state index contributed by atoms with van der Waals surface area (Å²) in [4.78, 5) is 11.1. The molecule has 7 nitrogen and oxygen atoms in total. The van der Waals surface area contributed by atoms with E-state index in [0.717, 1.165) is 31.3 Å². The molecule has 0 bridgehead atoms. The molecule has 0 amide bonds. The van der Waals surface area contributed by atoms with Crippen molar-refractivity contribution in [2.24, 2.45) is 0 Å². The molecule has 7 heteroatoms. The highest BCUT2D eigenvalue weighted by Crippen LogP contribution is 2.20. The van der Waals surface area contributed by atoms with Crippen LogP contribution in [0.4, 0.5) is 0 Å². The first kappa shape index (κ1) is 14.2. The Morgan fingerprint density at radius 2 is 2.00 bits per heavy atom. The summed E-state index contributed by atoms with van der Waals surface area (Å²) in [5, 5.41) is 8.35. The van der Waals surface area contributed by atoms with E-state index in [0.29, 0.717) is 17.8 Å². The maximum Gasteiger partial charge on any atom is 0.240 e. The summed E-state index contributed by atoms with van der Waals surface area (Å²) in [6, 6.07) is 0.450. The Bertz CT molecular complexity index is 604. The van der Waals surface area contributed by atoms with E-state index in [1.165, 1.54) is 19.3 Å². The van der Waals surface area contributed by atoms with Crippen LogP contribution in [0.5, 0.6) is 0 Å². The van der Waals surface area contributed by atoms with Gasteiger partial charge in [0.15, 0.2) is 5.82 Å². The number of aromatic nitrogens is 5. The molecule has 1 fully saturated rings. The summed E-state index contributed by atoms with van der Waals surface area (Å²) in [7, 11) is 0. The van der Waals surface area contributed by atoms with Crippen molar-refractivity contribution < 1.29 is 4.52 Å². The Kier molecular flexibility index (Phi) is 4.01. The van der Waals surface area contributed by atoms with E-state index in [1.807, 2.05) is 25.5 Å². The molecule has 2 aromatic heterocycles. The van der Waals surface area contributed by atoms with Crippen molar-refractivity contribution in [3.63, 3.8) is 0 Å². The van der Waals surface area contributed by atoms with E-state index in [2.05, 4.69) is 25.1 Å². The lowest BCUT2D eigenvalue weighted by atomic mass is 10.0. The highest BCUT2D eigenvalue weighted by molar-refractivity contribution is 4.91. The maximum absolute atomic E-state index is 5.26. The molecule has 1 aliphatic heterocycles. The second kappa shape index (κ2) is 5.93. The summed E-state index contributed by atoms with van der Waals surface area (Å²) >= 11 is 0. The van der Waals surface area contributed by atoms with Crippen LogP contribution in [-0.2, 0) is 13.1 Å². The number of hydrogen-bond acceptors (Lipinski definition) is 6. The van der Waals surface area contributed by atoms with Crippen molar-refractivity contribution in [1.29, 1.82) is 0 Å². The summed E-state index contributed by atoms with van der Waals surface area (Å²) in [5.74, 6) is 3.21. The molecule has 0 unspecified atom stereocenters. The van der Waals surface area contributed by atoms with Crippen LogP contribution < -0.4 is 0 Å². The van der Waals surface area contributed by atoms with Crippen molar-refractivity contribution in [3.8, 4) is 0 Å². The maximum atomic E-state index is 5.26. The zero-order valence-corrected chi connectivity index (χ0v) is 12.9. The fourth-order valence-corrected chi connectivity index (χ4v) is 2.99. The minimum atomic E-state index is 0.450. The molecule has 1 aliphatic rings. The standard InChI is InChI=1S/C14H22N6O/c1-10-15-12(3)20(17-10)8-13-6-4-5-7-19(13)9-14-16-11(2)18-21-14/h13H,4-9H2,1-3H3/t13-/m0/s1. The van der Waals surface area contributed by atoms with E-state index < -0.39 is 0 Å². The zero-order chi connectivity index (χ0) is 14.8. The molecule has 2 aromatic rings. The number of piperidine rings is 1. The molecule has 3 heterocycles. The fourth-order valence-electron chi connectivity index (χ4n) is 2.99. The van der Waals surface area contributed by atoms with Gasteiger partial charge in [0.1, 0.15) is 11.6 Å². The van der Waals surface area contributed by atoms with Crippen LogP contribution in [0.25, 0.3) is 0 Å². The number of rotatable bonds is 4. The average molecular weight is 290 g/mol. The van der Waals surface area contributed by atoms with Crippen LogP contribution in [0, 0.1) is 20.8 Å². The van der Waals surface area contributed by atoms with Gasteiger partial charge in [0.05, 0.1) is 13.1 Å². The van der Waals surface area contributed by atoms with Crippen molar-refractivity contribution >= 4 is 0 Å². The van der Waals surface area contributed by atoms with Gasteiger partial charge in [-0.2, -0.15) is 10.1 Å². The molecule has 1 saturated heterocycles. The first-order valence-electron chi connectivity index (χ1n) is 7.53. The van der Waals surface area contributed by atoms with Gasteiger partial charge in [0.2, 0.25) is 5.89 Å². The summed E-state index contributed by atoms with van der Waals surface area (Å²) in [5.41, 5.74) is 0. The fraction of sp³-hybridized carbons (Fsp3) is 0.714. The largest absolute Gasteiger partial charge is 0.338 e. The van der Waals surface area contributed by atoms with E-state index >= 15 is 0 Å². The lowest BCUT2D eigenvalue weighted by Crippen LogP contribution is -2.42. The van der Waals surface area contributed by atoms with Crippen molar-refractivity contribution in [3.05, 3.63) is 23.4 Å². The van der Waals surface area contributed by atoms with E-state index in [9.17, 15) is 0 Å². The van der Waals surface area contributed by atoms with Gasteiger partial charge in [-0.15, -0.1) is 0 Å². The first-order chi connectivity index (χ1) is 10.1. The average Bonchev–Trinajstić information content (AvgIpc) is 2.98. The Balaban J connectivity index is 1.70. The summed E-state index contributed by atoms with van der Waals surface area (Å²) in [6.45, 7) is 8.46. The topological polar surface area (TPSA) is 72.9 Å². The van der Waals surface area contributed by atoms with E-state index in [-0.39, 0.29) is 0 Å². The van der Waals surface area contributed by atoms with Crippen molar-refractivity contribution in [2.45, 2.75) is 59.2 Å². The lowest BCUT2D eigenvalue weighted by molar-refractivity contribution is 0.107. The van der Waals surface area contributed by atoms with Gasteiger partial charge in [-0.1, -0.05) is 11.6 Å². The van der Waals surface area contributed by atoms with Crippen LogP contribution in [-0.4, -0.2) is 42.4 Å². The molecular weight excluding hydrogens is 268 g/mol. The second-order valence-corrected chi connectivity index (χ2v) is 5.74. The van der Waals surface area contributed by atoms with E-state index in [1.54, 1.807) is 0 Å². The van der Waals surface area contributed by atoms with Gasteiger partial charge >= 0.3 is 0 Å². The van der Waals surface area contributed by atoms with Crippen LogP contribution in [0.3, 0.4) is 0 Å². The number of hydrogen-bond donors (Lipinski definition) is 0. The SMILES string of the molecule is Cc1noc(CN2CCCC[C@H]2Cn2nc(C)nc2C)n1. The smallest absolute Gasteiger partial charge is 0.240 e. The van der Waals surface area contributed by atoms with Gasteiger partial charge in [-0.25, -0.2) is 9.67 Å². The van der Waals surface area contributed by atoms with Gasteiger partial charge in [0, 0.05) is 6.04 Å². The van der Waals surface area contributed by atoms with Gasteiger partial charge < -0.3 is 4.52 Å². The van der Waals surface area contributed by atoms with E-state index in [4.69, 9.17) is 4.52 Å². The molecule has 3 rings (SSSR count). The number of aryl methyl sites for hydroxylation is 3. The normalized spacial score (nSPS) is 20.0. The highest BCUT2D eigenvalue weighted by atomic mass is 16.5. The van der Waals surface area contributed by atoms with Gasteiger partial charge in [-0.05, 0) is 40.2 Å². The Labute approximate surface area is 124 Å². The molecule has 0 aliphatic carbocycles. The molecule has 21 heavy (non-hydrogen) atoms. The molecule has 0 aromatic carbocycles. The summed E-state index contributed by atoms with van der Waals surface area (Å²) in [6.07, 6.45) is 3.65. The van der Waals surface area contributed by atoms with Crippen LogP contribution >= 0.6 is 0 Å². The molecular formula is C14H22N6O. The zero-order valence-electron chi connectivity index (χ0n) is 12.9. The predicted octanol–water partition coefficient (Wildman–Crippen LogP) is 1.64. The lowest BCUT2D eigenvalue weighted by Gasteiger charge is -2.34. The molecule has 0 saturated carbocycles. The Morgan fingerprint density at radius 3 is 2.67 bits per heavy atom. The summed E-state index contributed by atoms with van der Waals surface area (Å²) < 4.78 is 7.27. The highest BCUT2D eigenvalue weighted by Gasteiger charge is 2.25. The molecule has 1 atom stereocenters. The third-order valence-electron chi connectivity index (χ3n) is 4.00. The monoisotopic (exact) mass is 290 g/mol. The number of likely N-dealkylation sites (tertiary alicyclic amines) is 1. The molecule has 0 spiro atoms. The third-order valence-corrected chi connectivity index (χ3v) is 4.00.